The van der Waals surface area contributed by atoms with Gasteiger partial charge in [0, 0.05) is 30.7 Å². The van der Waals surface area contributed by atoms with E-state index in [4.69, 9.17) is 16.3 Å². The quantitative estimate of drug-likeness (QED) is 0.804. The van der Waals surface area contributed by atoms with Crippen LogP contribution in [0.25, 0.3) is 10.9 Å². The summed E-state index contributed by atoms with van der Waals surface area (Å²) in [6.07, 6.45) is 4.42. The Bertz CT molecular complexity index is 762. The first kappa shape index (κ1) is 15.0. The third-order valence-corrected chi connectivity index (χ3v) is 5.00. The SMILES string of the molecule is Fc1c(Cl)ncc2cnc(OC[C@]34CCCN3C[C@@H](F)C4)nc12. The summed E-state index contributed by atoms with van der Waals surface area (Å²) in [5.41, 5.74) is -0.211. The molecule has 0 bridgehead atoms. The molecule has 4 heterocycles. The molecule has 0 aliphatic carbocycles. The first-order chi connectivity index (χ1) is 11.1. The summed E-state index contributed by atoms with van der Waals surface area (Å²) in [7, 11) is 0. The van der Waals surface area contributed by atoms with Gasteiger partial charge in [-0.25, -0.2) is 18.7 Å². The summed E-state index contributed by atoms with van der Waals surface area (Å²) in [4.78, 5) is 14.0. The normalized spacial score (nSPS) is 27.5. The van der Waals surface area contributed by atoms with Crippen LogP contribution in [0.3, 0.4) is 0 Å². The summed E-state index contributed by atoms with van der Waals surface area (Å²) in [5.74, 6) is -0.693. The van der Waals surface area contributed by atoms with Crippen LogP contribution in [0.1, 0.15) is 19.3 Å². The van der Waals surface area contributed by atoms with Crippen LogP contribution in [-0.2, 0) is 0 Å². The zero-order valence-corrected chi connectivity index (χ0v) is 13.1. The monoisotopic (exact) mass is 340 g/mol. The minimum Gasteiger partial charge on any atom is -0.461 e. The second kappa shape index (κ2) is 5.49. The number of rotatable bonds is 3. The molecular formula is C15H15ClF2N4O. The fourth-order valence-corrected chi connectivity index (χ4v) is 3.78. The molecule has 8 heteroatoms. The lowest BCUT2D eigenvalue weighted by molar-refractivity contribution is 0.107. The van der Waals surface area contributed by atoms with Crippen molar-refractivity contribution in [2.45, 2.75) is 31.0 Å². The minimum atomic E-state index is -0.821. The second-order valence-corrected chi connectivity index (χ2v) is 6.54. The van der Waals surface area contributed by atoms with Crippen LogP contribution in [0.5, 0.6) is 6.01 Å². The van der Waals surface area contributed by atoms with E-state index >= 15 is 0 Å². The molecule has 2 aliphatic heterocycles. The Kier molecular flexibility index (Phi) is 3.57. The zero-order valence-electron chi connectivity index (χ0n) is 12.3. The van der Waals surface area contributed by atoms with Gasteiger partial charge < -0.3 is 4.74 Å². The predicted octanol–water partition coefficient (Wildman–Crippen LogP) is 2.77. The van der Waals surface area contributed by atoms with E-state index in [9.17, 15) is 8.78 Å². The van der Waals surface area contributed by atoms with Crippen molar-refractivity contribution in [2.75, 3.05) is 19.7 Å². The molecule has 0 saturated carbocycles. The van der Waals surface area contributed by atoms with Gasteiger partial charge in [-0.2, -0.15) is 4.98 Å². The highest BCUT2D eigenvalue weighted by molar-refractivity contribution is 6.30. The van der Waals surface area contributed by atoms with Crippen molar-refractivity contribution in [1.29, 1.82) is 0 Å². The number of nitrogens with zero attached hydrogens (tertiary/aromatic N) is 4. The van der Waals surface area contributed by atoms with Gasteiger partial charge in [0.15, 0.2) is 11.0 Å². The zero-order chi connectivity index (χ0) is 16.0. The Balaban J connectivity index is 1.57. The maximum Gasteiger partial charge on any atom is 0.317 e. The lowest BCUT2D eigenvalue weighted by atomic mass is 9.95. The lowest BCUT2D eigenvalue weighted by Gasteiger charge is -2.30. The molecule has 0 unspecified atom stereocenters. The fraction of sp³-hybridized carbons (Fsp3) is 0.533. The molecular weight excluding hydrogens is 326 g/mol. The van der Waals surface area contributed by atoms with Crippen molar-refractivity contribution in [3.05, 3.63) is 23.4 Å². The van der Waals surface area contributed by atoms with Gasteiger partial charge in [-0.15, -0.1) is 0 Å². The Morgan fingerprint density at radius 2 is 2.22 bits per heavy atom. The summed E-state index contributed by atoms with van der Waals surface area (Å²) < 4.78 is 33.4. The van der Waals surface area contributed by atoms with Gasteiger partial charge in [0.25, 0.3) is 0 Å². The molecule has 4 rings (SSSR count). The smallest absolute Gasteiger partial charge is 0.317 e. The number of hydrogen-bond donors (Lipinski definition) is 0. The van der Waals surface area contributed by atoms with E-state index in [1.807, 2.05) is 0 Å². The average molecular weight is 341 g/mol. The second-order valence-electron chi connectivity index (χ2n) is 6.18. The first-order valence-corrected chi connectivity index (χ1v) is 7.94. The molecule has 2 fully saturated rings. The fourth-order valence-electron chi connectivity index (χ4n) is 3.64. The van der Waals surface area contributed by atoms with Crippen LogP contribution in [0, 0.1) is 5.82 Å². The van der Waals surface area contributed by atoms with Crippen molar-refractivity contribution >= 4 is 22.5 Å². The number of ether oxygens (including phenoxy) is 1. The summed E-state index contributed by atoms with van der Waals surface area (Å²) in [5, 5.41) is 0.211. The molecule has 0 spiro atoms. The molecule has 2 saturated heterocycles. The van der Waals surface area contributed by atoms with E-state index in [0.29, 0.717) is 25.0 Å². The molecule has 2 aromatic rings. The summed E-state index contributed by atoms with van der Waals surface area (Å²) in [6.45, 7) is 1.65. The average Bonchev–Trinajstić information content (AvgIpc) is 3.05. The van der Waals surface area contributed by atoms with E-state index in [-0.39, 0.29) is 22.2 Å². The van der Waals surface area contributed by atoms with Crippen LogP contribution in [-0.4, -0.2) is 51.3 Å². The van der Waals surface area contributed by atoms with Crippen LogP contribution in [0.4, 0.5) is 8.78 Å². The highest BCUT2D eigenvalue weighted by Crippen LogP contribution is 2.40. The molecule has 0 amide bonds. The topological polar surface area (TPSA) is 51.1 Å². The Morgan fingerprint density at radius 1 is 1.39 bits per heavy atom. The summed E-state index contributed by atoms with van der Waals surface area (Å²) in [6, 6.07) is 0.0715. The van der Waals surface area contributed by atoms with Crippen LogP contribution in [0.2, 0.25) is 5.15 Å². The van der Waals surface area contributed by atoms with E-state index in [1.165, 1.54) is 12.4 Å². The molecule has 5 nitrogen and oxygen atoms in total. The third-order valence-electron chi connectivity index (χ3n) is 4.73. The highest BCUT2D eigenvalue weighted by Gasteiger charge is 2.49. The minimum absolute atomic E-state index is 0.0715. The molecule has 122 valence electrons. The molecule has 2 aromatic heterocycles. The molecule has 2 aliphatic rings. The van der Waals surface area contributed by atoms with Gasteiger partial charge in [-0.05, 0) is 19.4 Å². The van der Waals surface area contributed by atoms with Gasteiger partial charge in [0.2, 0.25) is 0 Å². The number of aromatic nitrogens is 3. The maximum atomic E-state index is 14.0. The van der Waals surface area contributed by atoms with Gasteiger partial charge in [-0.3, -0.25) is 4.90 Å². The van der Waals surface area contributed by atoms with E-state index in [2.05, 4.69) is 19.9 Å². The van der Waals surface area contributed by atoms with Crippen molar-refractivity contribution in [3.63, 3.8) is 0 Å². The largest absolute Gasteiger partial charge is 0.461 e. The number of alkyl halides is 1. The van der Waals surface area contributed by atoms with Crippen molar-refractivity contribution in [3.8, 4) is 6.01 Å². The Labute approximate surface area is 136 Å². The van der Waals surface area contributed by atoms with Crippen LogP contribution < -0.4 is 4.74 Å². The summed E-state index contributed by atoms with van der Waals surface area (Å²) >= 11 is 5.67. The van der Waals surface area contributed by atoms with Gasteiger partial charge >= 0.3 is 6.01 Å². The Morgan fingerprint density at radius 3 is 3.09 bits per heavy atom. The highest BCUT2D eigenvalue weighted by atomic mass is 35.5. The first-order valence-electron chi connectivity index (χ1n) is 7.56. The van der Waals surface area contributed by atoms with E-state index < -0.39 is 12.0 Å². The van der Waals surface area contributed by atoms with Gasteiger partial charge in [0.05, 0.1) is 5.54 Å². The lowest BCUT2D eigenvalue weighted by Crippen LogP contribution is -2.43. The maximum absolute atomic E-state index is 14.0. The molecule has 0 N–H and O–H groups in total. The number of halogens is 3. The van der Waals surface area contributed by atoms with Crippen molar-refractivity contribution < 1.29 is 13.5 Å². The number of pyridine rings is 1. The third kappa shape index (κ3) is 2.52. The van der Waals surface area contributed by atoms with E-state index in [0.717, 1.165) is 19.4 Å². The molecule has 2 atom stereocenters. The van der Waals surface area contributed by atoms with Crippen LogP contribution >= 0.6 is 11.6 Å². The molecule has 0 radical (unpaired) electrons. The molecule has 23 heavy (non-hydrogen) atoms. The molecule has 0 aromatic carbocycles. The number of fused-ring (bicyclic) bond motifs is 2. The predicted molar refractivity (Wildman–Crippen MR) is 80.8 cm³/mol. The van der Waals surface area contributed by atoms with Crippen molar-refractivity contribution in [1.82, 2.24) is 19.9 Å². The number of hydrogen-bond acceptors (Lipinski definition) is 5. The van der Waals surface area contributed by atoms with Gasteiger partial charge in [-0.1, -0.05) is 11.6 Å². The van der Waals surface area contributed by atoms with Crippen molar-refractivity contribution in [2.24, 2.45) is 0 Å². The van der Waals surface area contributed by atoms with Gasteiger partial charge in [0.1, 0.15) is 18.3 Å². The standard InChI is InChI=1S/C15H15ClF2N4O/c16-13-11(18)12-9(5-19-13)6-20-14(21-12)23-8-15-2-1-3-22(15)7-10(17)4-15/h5-6,10H,1-4,7-8H2/t10-,15+/m0/s1. The Hall–Kier alpha value is -1.60. The van der Waals surface area contributed by atoms with E-state index in [1.54, 1.807) is 0 Å². The van der Waals surface area contributed by atoms with Crippen LogP contribution in [0.15, 0.2) is 12.4 Å².